The molecule has 0 aliphatic rings. The summed E-state index contributed by atoms with van der Waals surface area (Å²) >= 11 is 0. The standard InChI is InChI=1S/C15H25NO2/c1-5-14(10-17)16-12(4)13-6-8-15(9-7-13)18-11(2)3/h6-9,11-12,14,16-17H,5,10H2,1-4H3. The molecule has 0 aliphatic carbocycles. The van der Waals surface area contributed by atoms with E-state index in [1.54, 1.807) is 0 Å². The van der Waals surface area contributed by atoms with Crippen LogP contribution in [0.5, 0.6) is 5.75 Å². The first kappa shape index (κ1) is 15.0. The molecular weight excluding hydrogens is 226 g/mol. The fourth-order valence-electron chi connectivity index (χ4n) is 1.86. The minimum atomic E-state index is 0.159. The van der Waals surface area contributed by atoms with Gasteiger partial charge in [-0.2, -0.15) is 0 Å². The molecule has 1 aromatic carbocycles. The third-order valence-electron chi connectivity index (χ3n) is 2.95. The second-order valence-corrected chi connectivity index (χ2v) is 4.91. The SMILES string of the molecule is CCC(CO)NC(C)c1ccc(OC(C)C)cc1. The molecule has 0 amide bonds. The molecule has 0 aliphatic heterocycles. The average molecular weight is 251 g/mol. The minimum Gasteiger partial charge on any atom is -0.491 e. The van der Waals surface area contributed by atoms with Crippen LogP contribution in [0.3, 0.4) is 0 Å². The van der Waals surface area contributed by atoms with E-state index in [4.69, 9.17) is 4.74 Å². The van der Waals surface area contributed by atoms with Crippen LogP contribution < -0.4 is 10.1 Å². The van der Waals surface area contributed by atoms with E-state index in [0.29, 0.717) is 0 Å². The lowest BCUT2D eigenvalue weighted by Gasteiger charge is -2.21. The van der Waals surface area contributed by atoms with E-state index in [0.717, 1.165) is 12.2 Å². The normalized spacial score (nSPS) is 14.6. The van der Waals surface area contributed by atoms with Crippen molar-refractivity contribution < 1.29 is 9.84 Å². The van der Waals surface area contributed by atoms with Gasteiger partial charge in [-0.25, -0.2) is 0 Å². The predicted molar refractivity (Wildman–Crippen MR) is 74.9 cm³/mol. The Morgan fingerprint density at radius 2 is 1.78 bits per heavy atom. The molecule has 18 heavy (non-hydrogen) atoms. The highest BCUT2D eigenvalue weighted by atomic mass is 16.5. The van der Waals surface area contributed by atoms with E-state index >= 15 is 0 Å². The second-order valence-electron chi connectivity index (χ2n) is 4.91. The molecular formula is C15H25NO2. The van der Waals surface area contributed by atoms with Gasteiger partial charge in [0.05, 0.1) is 12.7 Å². The smallest absolute Gasteiger partial charge is 0.119 e. The summed E-state index contributed by atoms with van der Waals surface area (Å²) in [6, 6.07) is 8.52. The maximum Gasteiger partial charge on any atom is 0.119 e. The van der Waals surface area contributed by atoms with E-state index < -0.39 is 0 Å². The van der Waals surface area contributed by atoms with Crippen molar-refractivity contribution in [3.8, 4) is 5.75 Å². The highest BCUT2D eigenvalue weighted by molar-refractivity contribution is 5.29. The molecule has 0 spiro atoms. The summed E-state index contributed by atoms with van der Waals surface area (Å²) in [6.07, 6.45) is 1.13. The number of ether oxygens (including phenoxy) is 1. The lowest BCUT2D eigenvalue weighted by atomic mass is 10.1. The number of hydrogen-bond acceptors (Lipinski definition) is 3. The van der Waals surface area contributed by atoms with Crippen LogP contribution in [0.4, 0.5) is 0 Å². The molecule has 0 fully saturated rings. The topological polar surface area (TPSA) is 41.5 Å². The van der Waals surface area contributed by atoms with Gasteiger partial charge in [0.15, 0.2) is 0 Å². The van der Waals surface area contributed by atoms with Crippen LogP contribution in [0, 0.1) is 0 Å². The van der Waals surface area contributed by atoms with Crippen molar-refractivity contribution in [2.75, 3.05) is 6.61 Å². The van der Waals surface area contributed by atoms with Crippen LogP contribution in [0.1, 0.15) is 45.7 Å². The molecule has 0 saturated carbocycles. The Hall–Kier alpha value is -1.06. The Bertz CT molecular complexity index is 331. The van der Waals surface area contributed by atoms with Crippen molar-refractivity contribution >= 4 is 0 Å². The zero-order chi connectivity index (χ0) is 13.5. The molecule has 1 aromatic rings. The summed E-state index contributed by atoms with van der Waals surface area (Å²) < 4.78 is 5.61. The molecule has 102 valence electrons. The number of aliphatic hydroxyl groups excluding tert-OH is 1. The zero-order valence-electron chi connectivity index (χ0n) is 11.8. The van der Waals surface area contributed by atoms with Gasteiger partial charge in [-0.3, -0.25) is 0 Å². The molecule has 0 heterocycles. The first-order valence-electron chi connectivity index (χ1n) is 6.70. The zero-order valence-corrected chi connectivity index (χ0v) is 11.8. The van der Waals surface area contributed by atoms with Crippen LogP contribution >= 0.6 is 0 Å². The van der Waals surface area contributed by atoms with E-state index in [2.05, 4.69) is 31.3 Å². The number of rotatable bonds is 7. The van der Waals surface area contributed by atoms with Gasteiger partial charge in [0, 0.05) is 12.1 Å². The Labute approximate surface area is 110 Å². The molecule has 2 unspecified atom stereocenters. The summed E-state index contributed by atoms with van der Waals surface area (Å²) in [7, 11) is 0. The lowest BCUT2D eigenvalue weighted by molar-refractivity contribution is 0.230. The predicted octanol–water partition coefficient (Wildman–Crippen LogP) is 2.90. The fourth-order valence-corrected chi connectivity index (χ4v) is 1.86. The van der Waals surface area contributed by atoms with Gasteiger partial charge < -0.3 is 15.2 Å². The molecule has 2 N–H and O–H groups in total. The van der Waals surface area contributed by atoms with Crippen molar-refractivity contribution in [3.63, 3.8) is 0 Å². The van der Waals surface area contributed by atoms with Gasteiger partial charge in [-0.1, -0.05) is 19.1 Å². The summed E-state index contributed by atoms with van der Waals surface area (Å²) in [5.41, 5.74) is 1.21. The minimum absolute atomic E-state index is 0.159. The van der Waals surface area contributed by atoms with Crippen LogP contribution in [0.25, 0.3) is 0 Å². The quantitative estimate of drug-likeness (QED) is 0.783. The maximum atomic E-state index is 9.18. The van der Waals surface area contributed by atoms with Gasteiger partial charge in [0.1, 0.15) is 5.75 Å². The van der Waals surface area contributed by atoms with Crippen molar-refractivity contribution in [3.05, 3.63) is 29.8 Å². The Balaban J connectivity index is 2.61. The van der Waals surface area contributed by atoms with E-state index in [1.165, 1.54) is 5.56 Å². The molecule has 3 nitrogen and oxygen atoms in total. The molecule has 1 rings (SSSR count). The summed E-state index contributed by atoms with van der Waals surface area (Å²) in [5, 5.41) is 12.6. The van der Waals surface area contributed by atoms with Crippen LogP contribution in [-0.2, 0) is 0 Å². The van der Waals surface area contributed by atoms with Gasteiger partial charge in [0.25, 0.3) is 0 Å². The van der Waals surface area contributed by atoms with Crippen molar-refractivity contribution in [1.29, 1.82) is 0 Å². The molecule has 2 atom stereocenters. The van der Waals surface area contributed by atoms with Crippen LogP contribution in [0.15, 0.2) is 24.3 Å². The van der Waals surface area contributed by atoms with Gasteiger partial charge in [-0.15, -0.1) is 0 Å². The summed E-state index contributed by atoms with van der Waals surface area (Å²) in [4.78, 5) is 0. The number of hydrogen-bond donors (Lipinski definition) is 2. The van der Waals surface area contributed by atoms with Crippen LogP contribution in [-0.4, -0.2) is 23.9 Å². The number of nitrogens with one attached hydrogen (secondary N) is 1. The first-order chi connectivity index (χ1) is 8.56. The third kappa shape index (κ3) is 4.67. The van der Waals surface area contributed by atoms with E-state index in [9.17, 15) is 5.11 Å². The third-order valence-corrected chi connectivity index (χ3v) is 2.95. The van der Waals surface area contributed by atoms with E-state index in [-0.39, 0.29) is 24.8 Å². The molecule has 0 saturated heterocycles. The number of aliphatic hydroxyl groups is 1. The van der Waals surface area contributed by atoms with Gasteiger partial charge in [0.2, 0.25) is 0 Å². The Kier molecular flexibility index (Phi) is 6.16. The molecule has 3 heteroatoms. The molecule has 0 aromatic heterocycles. The lowest BCUT2D eigenvalue weighted by Crippen LogP contribution is -2.33. The van der Waals surface area contributed by atoms with Crippen molar-refractivity contribution in [1.82, 2.24) is 5.32 Å². The monoisotopic (exact) mass is 251 g/mol. The highest BCUT2D eigenvalue weighted by Crippen LogP contribution is 2.19. The summed E-state index contributed by atoms with van der Waals surface area (Å²) in [5.74, 6) is 0.898. The molecule has 0 radical (unpaired) electrons. The highest BCUT2D eigenvalue weighted by Gasteiger charge is 2.11. The fraction of sp³-hybridized carbons (Fsp3) is 0.600. The Morgan fingerprint density at radius 3 is 2.22 bits per heavy atom. The number of benzene rings is 1. The second kappa shape index (κ2) is 7.39. The largest absolute Gasteiger partial charge is 0.491 e. The van der Waals surface area contributed by atoms with Gasteiger partial charge in [-0.05, 0) is 44.9 Å². The van der Waals surface area contributed by atoms with Gasteiger partial charge >= 0.3 is 0 Å². The summed E-state index contributed by atoms with van der Waals surface area (Å²) in [6.45, 7) is 8.39. The average Bonchev–Trinajstić information content (AvgIpc) is 2.35. The van der Waals surface area contributed by atoms with Crippen molar-refractivity contribution in [2.24, 2.45) is 0 Å². The first-order valence-corrected chi connectivity index (χ1v) is 6.70. The Morgan fingerprint density at radius 1 is 1.17 bits per heavy atom. The van der Waals surface area contributed by atoms with Crippen LogP contribution in [0.2, 0.25) is 0 Å². The molecule has 0 bridgehead atoms. The van der Waals surface area contributed by atoms with Crippen molar-refractivity contribution in [2.45, 2.75) is 52.3 Å². The maximum absolute atomic E-state index is 9.18. The van der Waals surface area contributed by atoms with E-state index in [1.807, 2.05) is 26.0 Å².